The van der Waals surface area contributed by atoms with E-state index in [2.05, 4.69) is 11.8 Å². The van der Waals surface area contributed by atoms with Gasteiger partial charge in [0, 0.05) is 18.5 Å². The molecule has 0 aromatic rings. The highest BCUT2D eigenvalue weighted by atomic mass is 16.2. The standard InChI is InChI=1S/C15H25NO/c1-2-13-5-3-4-8-16(13)15(17)14-10-11-6-7-12(14)9-11/h11-14H,2-10H2,1H3. The molecule has 96 valence electrons. The van der Waals surface area contributed by atoms with E-state index >= 15 is 0 Å². The second kappa shape index (κ2) is 4.62. The van der Waals surface area contributed by atoms with E-state index in [-0.39, 0.29) is 0 Å². The minimum absolute atomic E-state index is 0.404. The van der Waals surface area contributed by atoms with Crippen molar-refractivity contribution in [2.24, 2.45) is 17.8 Å². The molecule has 2 heteroatoms. The summed E-state index contributed by atoms with van der Waals surface area (Å²) in [6.07, 6.45) is 10.2. The van der Waals surface area contributed by atoms with Crippen molar-refractivity contribution in [2.75, 3.05) is 6.54 Å². The van der Waals surface area contributed by atoms with Crippen LogP contribution in [-0.2, 0) is 4.79 Å². The number of fused-ring (bicyclic) bond motifs is 2. The van der Waals surface area contributed by atoms with Crippen LogP contribution >= 0.6 is 0 Å². The van der Waals surface area contributed by atoms with Gasteiger partial charge in [-0.15, -0.1) is 0 Å². The Hall–Kier alpha value is -0.530. The molecule has 17 heavy (non-hydrogen) atoms. The maximum atomic E-state index is 12.7. The van der Waals surface area contributed by atoms with Gasteiger partial charge in [0.1, 0.15) is 0 Å². The van der Waals surface area contributed by atoms with Crippen molar-refractivity contribution in [3.63, 3.8) is 0 Å². The lowest BCUT2D eigenvalue weighted by molar-refractivity contribution is -0.141. The van der Waals surface area contributed by atoms with Crippen molar-refractivity contribution >= 4 is 5.91 Å². The molecular weight excluding hydrogens is 210 g/mol. The predicted octanol–water partition coefficient (Wildman–Crippen LogP) is 3.21. The highest BCUT2D eigenvalue weighted by Gasteiger charge is 2.45. The van der Waals surface area contributed by atoms with Gasteiger partial charge in [-0.05, 0) is 56.8 Å². The molecule has 0 aromatic carbocycles. The van der Waals surface area contributed by atoms with Gasteiger partial charge in [-0.1, -0.05) is 13.3 Å². The van der Waals surface area contributed by atoms with Crippen molar-refractivity contribution in [2.45, 2.75) is 64.3 Å². The highest BCUT2D eigenvalue weighted by molar-refractivity contribution is 5.80. The Balaban J connectivity index is 1.68. The fourth-order valence-electron chi connectivity index (χ4n) is 4.48. The molecule has 0 aromatic heterocycles. The zero-order chi connectivity index (χ0) is 11.8. The Kier molecular flexibility index (Phi) is 3.14. The molecule has 3 fully saturated rings. The summed E-state index contributed by atoms with van der Waals surface area (Å²) in [5.41, 5.74) is 0. The monoisotopic (exact) mass is 235 g/mol. The average Bonchev–Trinajstić information content (AvgIpc) is 3.00. The maximum Gasteiger partial charge on any atom is 0.226 e. The van der Waals surface area contributed by atoms with Gasteiger partial charge in [0.15, 0.2) is 0 Å². The van der Waals surface area contributed by atoms with Crippen molar-refractivity contribution in [3.05, 3.63) is 0 Å². The first-order chi connectivity index (χ1) is 8.29. The first-order valence-electron chi connectivity index (χ1n) is 7.60. The van der Waals surface area contributed by atoms with Crippen LogP contribution in [0.15, 0.2) is 0 Å². The molecular formula is C15H25NO. The molecule has 1 saturated heterocycles. The van der Waals surface area contributed by atoms with Crippen LogP contribution in [0.25, 0.3) is 0 Å². The summed E-state index contributed by atoms with van der Waals surface area (Å²) in [4.78, 5) is 14.9. The van der Waals surface area contributed by atoms with Crippen LogP contribution < -0.4 is 0 Å². The molecule has 0 spiro atoms. The summed E-state index contributed by atoms with van der Waals surface area (Å²) in [6.45, 7) is 3.27. The molecule has 4 unspecified atom stereocenters. The molecule has 2 bridgehead atoms. The van der Waals surface area contributed by atoms with E-state index in [0.717, 1.165) is 24.8 Å². The van der Waals surface area contributed by atoms with Gasteiger partial charge in [0.2, 0.25) is 5.91 Å². The van der Waals surface area contributed by atoms with Crippen molar-refractivity contribution in [1.82, 2.24) is 4.90 Å². The van der Waals surface area contributed by atoms with Gasteiger partial charge in [-0.3, -0.25) is 4.79 Å². The first-order valence-corrected chi connectivity index (χ1v) is 7.60. The molecule has 1 heterocycles. The molecule has 0 N–H and O–H groups in total. The zero-order valence-corrected chi connectivity index (χ0v) is 11.0. The van der Waals surface area contributed by atoms with Crippen LogP contribution in [0.3, 0.4) is 0 Å². The van der Waals surface area contributed by atoms with E-state index in [9.17, 15) is 4.79 Å². The minimum atomic E-state index is 0.404. The highest BCUT2D eigenvalue weighted by Crippen LogP contribution is 2.49. The first kappa shape index (κ1) is 11.6. The number of rotatable bonds is 2. The van der Waals surface area contributed by atoms with E-state index in [0.29, 0.717) is 17.9 Å². The number of carbonyl (C=O) groups excluding carboxylic acids is 1. The largest absolute Gasteiger partial charge is 0.339 e. The van der Waals surface area contributed by atoms with Gasteiger partial charge in [0.05, 0.1) is 0 Å². The summed E-state index contributed by atoms with van der Waals surface area (Å²) < 4.78 is 0. The van der Waals surface area contributed by atoms with E-state index < -0.39 is 0 Å². The van der Waals surface area contributed by atoms with Crippen LogP contribution in [0.4, 0.5) is 0 Å². The van der Waals surface area contributed by atoms with Crippen LogP contribution in [0, 0.1) is 17.8 Å². The summed E-state index contributed by atoms with van der Waals surface area (Å²) in [5, 5.41) is 0. The number of hydrogen-bond acceptors (Lipinski definition) is 1. The topological polar surface area (TPSA) is 20.3 Å². The van der Waals surface area contributed by atoms with Gasteiger partial charge >= 0.3 is 0 Å². The second-order valence-corrected chi connectivity index (χ2v) is 6.37. The second-order valence-electron chi connectivity index (χ2n) is 6.37. The molecule has 0 radical (unpaired) electrons. The summed E-state index contributed by atoms with van der Waals surface area (Å²) in [6, 6.07) is 0.551. The van der Waals surface area contributed by atoms with Crippen molar-refractivity contribution in [3.8, 4) is 0 Å². The van der Waals surface area contributed by atoms with E-state index in [1.807, 2.05) is 0 Å². The third kappa shape index (κ3) is 2.00. The molecule has 3 rings (SSSR count). The minimum Gasteiger partial charge on any atom is -0.339 e. The number of carbonyl (C=O) groups is 1. The molecule has 4 atom stereocenters. The number of likely N-dealkylation sites (tertiary alicyclic amines) is 1. The smallest absolute Gasteiger partial charge is 0.226 e. The van der Waals surface area contributed by atoms with E-state index in [1.165, 1.54) is 44.9 Å². The molecule has 2 saturated carbocycles. The van der Waals surface area contributed by atoms with Gasteiger partial charge in [-0.2, -0.15) is 0 Å². The van der Waals surface area contributed by atoms with Crippen LogP contribution in [0.5, 0.6) is 0 Å². The normalized spacial score (nSPS) is 40.9. The SMILES string of the molecule is CCC1CCCCN1C(=O)C1CC2CCC1C2. The lowest BCUT2D eigenvalue weighted by Crippen LogP contribution is -2.47. The van der Waals surface area contributed by atoms with Crippen LogP contribution in [-0.4, -0.2) is 23.4 Å². The number of nitrogens with zero attached hydrogens (tertiary/aromatic N) is 1. The number of piperidine rings is 1. The summed E-state index contributed by atoms with van der Waals surface area (Å²) >= 11 is 0. The van der Waals surface area contributed by atoms with Gasteiger partial charge in [-0.25, -0.2) is 0 Å². The third-order valence-corrected chi connectivity index (χ3v) is 5.44. The zero-order valence-electron chi connectivity index (χ0n) is 11.0. The fraction of sp³-hybridized carbons (Fsp3) is 0.933. The van der Waals surface area contributed by atoms with Crippen molar-refractivity contribution < 1.29 is 4.79 Å². The Bertz CT molecular complexity index is 301. The molecule has 1 aliphatic heterocycles. The predicted molar refractivity (Wildman–Crippen MR) is 68.6 cm³/mol. The van der Waals surface area contributed by atoms with Crippen LogP contribution in [0.2, 0.25) is 0 Å². The Morgan fingerprint density at radius 2 is 2.06 bits per heavy atom. The van der Waals surface area contributed by atoms with E-state index in [1.54, 1.807) is 0 Å². The Morgan fingerprint density at radius 3 is 2.71 bits per heavy atom. The number of hydrogen-bond donors (Lipinski definition) is 0. The summed E-state index contributed by atoms with van der Waals surface area (Å²) in [7, 11) is 0. The average molecular weight is 235 g/mol. The van der Waals surface area contributed by atoms with Gasteiger partial charge < -0.3 is 4.90 Å². The van der Waals surface area contributed by atoms with Gasteiger partial charge in [0.25, 0.3) is 0 Å². The third-order valence-electron chi connectivity index (χ3n) is 5.44. The lowest BCUT2D eigenvalue weighted by atomic mass is 9.86. The molecule has 2 aliphatic carbocycles. The quantitative estimate of drug-likeness (QED) is 0.719. The van der Waals surface area contributed by atoms with Crippen molar-refractivity contribution in [1.29, 1.82) is 0 Å². The Morgan fingerprint density at radius 1 is 1.18 bits per heavy atom. The molecule has 2 nitrogen and oxygen atoms in total. The molecule has 1 amide bonds. The molecule has 3 aliphatic rings. The fourth-order valence-corrected chi connectivity index (χ4v) is 4.48. The van der Waals surface area contributed by atoms with E-state index in [4.69, 9.17) is 0 Å². The Labute approximate surface area is 105 Å². The summed E-state index contributed by atoms with van der Waals surface area (Å²) in [5.74, 6) is 2.55. The van der Waals surface area contributed by atoms with Crippen LogP contribution in [0.1, 0.15) is 58.3 Å². The lowest BCUT2D eigenvalue weighted by Gasteiger charge is -2.38. The number of amides is 1. The maximum absolute atomic E-state index is 12.7.